The fourth-order valence-electron chi connectivity index (χ4n) is 2.96. The molecule has 0 heterocycles. The number of carbonyl (C=O) groups excluding carboxylic acids is 1. The van der Waals surface area contributed by atoms with Crippen LogP contribution in [0.2, 0.25) is 0 Å². The highest BCUT2D eigenvalue weighted by Gasteiger charge is 2.14. The molecule has 3 aromatic carbocycles. The van der Waals surface area contributed by atoms with Crippen LogP contribution in [0.25, 0.3) is 0 Å². The van der Waals surface area contributed by atoms with Crippen molar-refractivity contribution in [3.63, 3.8) is 0 Å². The number of sulfonamides is 1. The van der Waals surface area contributed by atoms with Crippen LogP contribution in [0.3, 0.4) is 0 Å². The molecule has 1 amide bonds. The van der Waals surface area contributed by atoms with Crippen LogP contribution < -0.4 is 10.0 Å². The van der Waals surface area contributed by atoms with E-state index in [1.807, 2.05) is 31.2 Å². The maximum absolute atomic E-state index is 12.5. The monoisotopic (exact) mass is 422 g/mol. The highest BCUT2D eigenvalue weighted by atomic mass is 32.2. The minimum atomic E-state index is -3.67. The minimum Gasteiger partial charge on any atom is -0.322 e. The van der Waals surface area contributed by atoms with Crippen LogP contribution >= 0.6 is 0 Å². The molecule has 3 rings (SSSR count). The lowest BCUT2D eigenvalue weighted by Gasteiger charge is -2.10. The Hall–Kier alpha value is -3.12. The van der Waals surface area contributed by atoms with E-state index in [2.05, 4.69) is 17.0 Å². The van der Waals surface area contributed by atoms with E-state index in [9.17, 15) is 13.2 Å². The third kappa shape index (κ3) is 5.70. The summed E-state index contributed by atoms with van der Waals surface area (Å²) in [6.07, 6.45) is 3.33. The summed E-state index contributed by atoms with van der Waals surface area (Å²) < 4.78 is 27.5. The van der Waals surface area contributed by atoms with Gasteiger partial charge in [0, 0.05) is 16.9 Å². The molecule has 0 aliphatic carbocycles. The number of amides is 1. The first kappa shape index (κ1) is 21.6. The lowest BCUT2D eigenvalue weighted by Crippen LogP contribution is -2.14. The number of anilines is 2. The molecule has 0 atom stereocenters. The molecule has 0 aliphatic rings. The van der Waals surface area contributed by atoms with E-state index in [0.29, 0.717) is 11.3 Å². The summed E-state index contributed by atoms with van der Waals surface area (Å²) >= 11 is 0. The number of rotatable bonds is 8. The summed E-state index contributed by atoms with van der Waals surface area (Å²) in [5.74, 6) is -0.246. The van der Waals surface area contributed by atoms with Gasteiger partial charge in [0.05, 0.1) is 4.90 Å². The van der Waals surface area contributed by atoms with Crippen molar-refractivity contribution in [3.05, 3.63) is 89.5 Å². The van der Waals surface area contributed by atoms with Crippen LogP contribution in [0.4, 0.5) is 11.4 Å². The van der Waals surface area contributed by atoms with Crippen molar-refractivity contribution in [2.24, 2.45) is 0 Å². The zero-order valence-electron chi connectivity index (χ0n) is 17.2. The van der Waals surface area contributed by atoms with Crippen molar-refractivity contribution < 1.29 is 13.2 Å². The molecule has 0 fully saturated rings. The standard InChI is InChI=1S/C24H26N2O3S/c1-3-4-5-19-8-12-21(13-9-19)25-24(27)20-10-14-22(15-11-20)26-30(28,29)23-16-6-18(2)7-17-23/h6-17,26H,3-5H2,1-2H3,(H,25,27). The number of hydrogen-bond donors (Lipinski definition) is 2. The van der Waals surface area contributed by atoms with E-state index >= 15 is 0 Å². The van der Waals surface area contributed by atoms with Crippen LogP contribution in [-0.2, 0) is 16.4 Å². The fraction of sp³-hybridized carbons (Fsp3) is 0.208. The van der Waals surface area contributed by atoms with Crippen molar-refractivity contribution in [2.75, 3.05) is 10.0 Å². The predicted octanol–water partition coefficient (Wildman–Crippen LogP) is 5.39. The van der Waals surface area contributed by atoms with E-state index in [0.717, 1.165) is 30.5 Å². The Morgan fingerprint density at radius 2 is 1.43 bits per heavy atom. The number of aryl methyl sites for hydroxylation is 2. The number of carbonyl (C=O) groups is 1. The third-order valence-corrected chi connectivity index (χ3v) is 6.16. The highest BCUT2D eigenvalue weighted by Crippen LogP contribution is 2.18. The average molecular weight is 423 g/mol. The Morgan fingerprint density at radius 1 is 0.833 bits per heavy atom. The van der Waals surface area contributed by atoms with Crippen LogP contribution in [0.5, 0.6) is 0 Å². The van der Waals surface area contributed by atoms with Crippen LogP contribution in [-0.4, -0.2) is 14.3 Å². The van der Waals surface area contributed by atoms with Gasteiger partial charge in [-0.05, 0) is 73.9 Å². The van der Waals surface area contributed by atoms with E-state index in [1.165, 1.54) is 5.56 Å². The molecule has 0 saturated heterocycles. The SMILES string of the molecule is CCCCc1ccc(NC(=O)c2ccc(NS(=O)(=O)c3ccc(C)cc3)cc2)cc1. The summed E-state index contributed by atoms with van der Waals surface area (Å²) in [5, 5.41) is 2.86. The molecule has 0 radical (unpaired) electrons. The lowest BCUT2D eigenvalue weighted by atomic mass is 10.1. The van der Waals surface area contributed by atoms with Crippen molar-refractivity contribution in [3.8, 4) is 0 Å². The maximum Gasteiger partial charge on any atom is 0.261 e. The molecule has 3 aromatic rings. The number of hydrogen-bond acceptors (Lipinski definition) is 3. The van der Waals surface area contributed by atoms with Gasteiger partial charge in [0.1, 0.15) is 0 Å². The fourth-order valence-corrected chi connectivity index (χ4v) is 4.02. The molecule has 2 N–H and O–H groups in total. The molecule has 5 nitrogen and oxygen atoms in total. The normalized spacial score (nSPS) is 11.1. The van der Waals surface area contributed by atoms with Gasteiger partial charge in [-0.2, -0.15) is 0 Å². The largest absolute Gasteiger partial charge is 0.322 e. The molecule has 6 heteroatoms. The second-order valence-electron chi connectivity index (χ2n) is 7.25. The summed E-state index contributed by atoms with van der Waals surface area (Å²) in [5.41, 5.74) is 3.81. The number of benzene rings is 3. The topological polar surface area (TPSA) is 75.3 Å². The summed E-state index contributed by atoms with van der Waals surface area (Å²) in [4.78, 5) is 12.7. The van der Waals surface area contributed by atoms with Gasteiger partial charge in [0.2, 0.25) is 0 Å². The zero-order valence-corrected chi connectivity index (χ0v) is 18.0. The molecule has 0 bridgehead atoms. The molecule has 0 spiro atoms. The Morgan fingerprint density at radius 3 is 2.03 bits per heavy atom. The van der Waals surface area contributed by atoms with E-state index < -0.39 is 10.0 Å². The van der Waals surface area contributed by atoms with Crippen molar-refractivity contribution in [2.45, 2.75) is 38.0 Å². The van der Waals surface area contributed by atoms with E-state index in [4.69, 9.17) is 0 Å². The molecular formula is C24H26N2O3S. The highest BCUT2D eigenvalue weighted by molar-refractivity contribution is 7.92. The Labute approximate surface area is 178 Å². The van der Waals surface area contributed by atoms with Crippen molar-refractivity contribution >= 4 is 27.3 Å². The Bertz CT molecular complexity index is 1090. The first-order valence-electron chi connectivity index (χ1n) is 9.97. The summed E-state index contributed by atoms with van der Waals surface area (Å²) in [7, 11) is -3.67. The van der Waals surface area contributed by atoms with Gasteiger partial charge >= 0.3 is 0 Å². The van der Waals surface area contributed by atoms with E-state index in [-0.39, 0.29) is 10.8 Å². The van der Waals surface area contributed by atoms with Gasteiger partial charge in [0.25, 0.3) is 15.9 Å². The average Bonchev–Trinajstić information content (AvgIpc) is 2.74. The Kier molecular flexibility index (Phi) is 6.90. The second-order valence-corrected chi connectivity index (χ2v) is 8.93. The van der Waals surface area contributed by atoms with Gasteiger partial charge in [-0.3, -0.25) is 9.52 Å². The van der Waals surface area contributed by atoms with Gasteiger partial charge in [-0.1, -0.05) is 43.2 Å². The van der Waals surface area contributed by atoms with Crippen molar-refractivity contribution in [1.29, 1.82) is 0 Å². The van der Waals surface area contributed by atoms with Gasteiger partial charge < -0.3 is 5.32 Å². The van der Waals surface area contributed by atoms with Crippen molar-refractivity contribution in [1.82, 2.24) is 0 Å². The lowest BCUT2D eigenvalue weighted by molar-refractivity contribution is 0.102. The first-order chi connectivity index (χ1) is 14.4. The van der Waals surface area contributed by atoms with Crippen LogP contribution in [0.15, 0.2) is 77.7 Å². The minimum absolute atomic E-state index is 0.192. The Balaban J connectivity index is 1.63. The van der Waals surface area contributed by atoms with Crippen LogP contribution in [0, 0.1) is 6.92 Å². The molecule has 0 aliphatic heterocycles. The van der Waals surface area contributed by atoms with Gasteiger partial charge in [-0.15, -0.1) is 0 Å². The smallest absolute Gasteiger partial charge is 0.261 e. The molecule has 0 aromatic heterocycles. The predicted molar refractivity (Wildman–Crippen MR) is 121 cm³/mol. The number of nitrogens with one attached hydrogen (secondary N) is 2. The van der Waals surface area contributed by atoms with Gasteiger partial charge in [-0.25, -0.2) is 8.42 Å². The van der Waals surface area contributed by atoms with E-state index in [1.54, 1.807) is 48.5 Å². The molecule has 0 unspecified atom stereocenters. The first-order valence-corrected chi connectivity index (χ1v) is 11.5. The maximum atomic E-state index is 12.5. The molecule has 30 heavy (non-hydrogen) atoms. The number of unbranched alkanes of at least 4 members (excludes halogenated alkanes) is 1. The quantitative estimate of drug-likeness (QED) is 0.511. The molecule has 156 valence electrons. The molecular weight excluding hydrogens is 396 g/mol. The van der Waals surface area contributed by atoms with Gasteiger partial charge in [0.15, 0.2) is 0 Å². The molecule has 0 saturated carbocycles. The second kappa shape index (κ2) is 9.59. The van der Waals surface area contributed by atoms with Crippen LogP contribution in [0.1, 0.15) is 41.3 Å². The zero-order chi connectivity index (χ0) is 21.6. The summed E-state index contributed by atoms with van der Waals surface area (Å²) in [6, 6.07) is 20.8. The summed E-state index contributed by atoms with van der Waals surface area (Å²) in [6.45, 7) is 4.06. The third-order valence-electron chi connectivity index (χ3n) is 4.76.